The van der Waals surface area contributed by atoms with E-state index < -0.39 is 29.5 Å². The summed E-state index contributed by atoms with van der Waals surface area (Å²) in [6.07, 6.45) is -3.15. The SMILES string of the molecule is COC(=O)Cc1nc(N)c(C(F)F)cc1O. The molecule has 0 aliphatic heterocycles. The molecule has 1 rings (SSSR count). The quantitative estimate of drug-likeness (QED) is 0.760. The zero-order valence-corrected chi connectivity index (χ0v) is 8.41. The van der Waals surface area contributed by atoms with Gasteiger partial charge in [0.05, 0.1) is 24.8 Å². The van der Waals surface area contributed by atoms with Crippen molar-refractivity contribution in [2.75, 3.05) is 12.8 Å². The fourth-order valence-corrected chi connectivity index (χ4v) is 1.09. The summed E-state index contributed by atoms with van der Waals surface area (Å²) in [4.78, 5) is 14.4. The molecule has 0 atom stereocenters. The molecule has 0 saturated heterocycles. The van der Waals surface area contributed by atoms with Gasteiger partial charge in [0.15, 0.2) is 0 Å². The lowest BCUT2D eigenvalue weighted by atomic mass is 10.2. The number of esters is 1. The Morgan fingerprint density at radius 3 is 2.81 bits per heavy atom. The first kappa shape index (κ1) is 12.2. The number of aromatic hydroxyl groups is 1. The summed E-state index contributed by atoms with van der Waals surface area (Å²) in [5.41, 5.74) is 4.60. The van der Waals surface area contributed by atoms with Gasteiger partial charge in [-0.25, -0.2) is 13.8 Å². The third-order valence-electron chi connectivity index (χ3n) is 1.91. The molecule has 7 heteroatoms. The first-order chi connectivity index (χ1) is 7.45. The van der Waals surface area contributed by atoms with Crippen LogP contribution in [0.1, 0.15) is 17.7 Å². The minimum Gasteiger partial charge on any atom is -0.506 e. The van der Waals surface area contributed by atoms with Crippen LogP contribution in [0.2, 0.25) is 0 Å². The van der Waals surface area contributed by atoms with Crippen LogP contribution in [0.5, 0.6) is 5.75 Å². The molecule has 0 bridgehead atoms. The third-order valence-corrected chi connectivity index (χ3v) is 1.91. The summed E-state index contributed by atoms with van der Waals surface area (Å²) < 4.78 is 29.0. The molecular formula is C9H10F2N2O3. The number of alkyl halides is 2. The van der Waals surface area contributed by atoms with Gasteiger partial charge in [-0.1, -0.05) is 0 Å². The molecular weight excluding hydrogens is 222 g/mol. The molecule has 0 aliphatic rings. The van der Waals surface area contributed by atoms with Gasteiger partial charge in [-0.15, -0.1) is 0 Å². The molecule has 1 heterocycles. The highest BCUT2D eigenvalue weighted by atomic mass is 19.3. The van der Waals surface area contributed by atoms with Crippen molar-refractivity contribution in [3.05, 3.63) is 17.3 Å². The van der Waals surface area contributed by atoms with Crippen LogP contribution in [0.3, 0.4) is 0 Å². The van der Waals surface area contributed by atoms with Crippen LogP contribution in [0.15, 0.2) is 6.07 Å². The number of aromatic nitrogens is 1. The largest absolute Gasteiger partial charge is 0.506 e. The molecule has 0 aliphatic carbocycles. The third kappa shape index (κ3) is 2.56. The van der Waals surface area contributed by atoms with Crippen molar-refractivity contribution >= 4 is 11.8 Å². The van der Waals surface area contributed by atoms with Gasteiger partial charge >= 0.3 is 5.97 Å². The molecule has 0 unspecified atom stereocenters. The van der Waals surface area contributed by atoms with Gasteiger partial charge in [0.25, 0.3) is 6.43 Å². The molecule has 0 aromatic carbocycles. The Morgan fingerprint density at radius 2 is 2.31 bits per heavy atom. The molecule has 0 fully saturated rings. The van der Waals surface area contributed by atoms with E-state index in [9.17, 15) is 18.7 Å². The van der Waals surface area contributed by atoms with E-state index in [2.05, 4.69) is 9.72 Å². The lowest BCUT2D eigenvalue weighted by molar-refractivity contribution is -0.139. The number of carbonyl (C=O) groups is 1. The Labute approximate surface area is 89.9 Å². The van der Waals surface area contributed by atoms with Crippen molar-refractivity contribution < 1.29 is 23.4 Å². The predicted octanol–water partition coefficient (Wildman–Crippen LogP) is 1.02. The molecule has 3 N–H and O–H groups in total. The Kier molecular flexibility index (Phi) is 3.60. The van der Waals surface area contributed by atoms with E-state index in [0.29, 0.717) is 0 Å². The Morgan fingerprint density at radius 1 is 1.69 bits per heavy atom. The molecule has 0 amide bonds. The number of ether oxygens (including phenoxy) is 1. The highest BCUT2D eigenvalue weighted by Gasteiger charge is 2.18. The summed E-state index contributed by atoms with van der Waals surface area (Å²) in [5, 5.41) is 9.35. The number of hydrogen-bond acceptors (Lipinski definition) is 5. The second-order valence-electron chi connectivity index (χ2n) is 2.98. The molecule has 16 heavy (non-hydrogen) atoms. The first-order valence-corrected chi connectivity index (χ1v) is 4.29. The van der Waals surface area contributed by atoms with E-state index in [1.54, 1.807) is 0 Å². The minimum absolute atomic E-state index is 0.0891. The maximum absolute atomic E-state index is 12.3. The number of nitrogens with zero attached hydrogens (tertiary/aromatic N) is 1. The van der Waals surface area contributed by atoms with E-state index in [4.69, 9.17) is 5.73 Å². The number of anilines is 1. The van der Waals surface area contributed by atoms with Gasteiger partial charge in [0.1, 0.15) is 11.6 Å². The predicted molar refractivity (Wildman–Crippen MR) is 51.0 cm³/mol. The van der Waals surface area contributed by atoms with E-state index >= 15 is 0 Å². The lowest BCUT2D eigenvalue weighted by Gasteiger charge is -2.08. The second kappa shape index (κ2) is 4.73. The number of pyridine rings is 1. The molecule has 88 valence electrons. The van der Waals surface area contributed by atoms with Gasteiger partial charge in [0.2, 0.25) is 0 Å². The molecule has 0 radical (unpaired) electrons. The average Bonchev–Trinajstić information content (AvgIpc) is 2.22. The van der Waals surface area contributed by atoms with Crippen molar-refractivity contribution in [3.63, 3.8) is 0 Å². The number of nitrogens with two attached hydrogens (primary N) is 1. The minimum atomic E-state index is -2.83. The van der Waals surface area contributed by atoms with Crippen LogP contribution in [-0.2, 0) is 16.0 Å². The number of nitrogen functional groups attached to an aromatic ring is 1. The maximum atomic E-state index is 12.3. The van der Waals surface area contributed by atoms with E-state index in [0.717, 1.165) is 13.2 Å². The molecule has 0 saturated carbocycles. The Balaban J connectivity index is 3.05. The average molecular weight is 232 g/mol. The number of carbonyl (C=O) groups excluding carboxylic acids is 1. The topological polar surface area (TPSA) is 85.4 Å². The fraction of sp³-hybridized carbons (Fsp3) is 0.333. The van der Waals surface area contributed by atoms with Crippen LogP contribution in [0.4, 0.5) is 14.6 Å². The zero-order valence-electron chi connectivity index (χ0n) is 8.41. The zero-order chi connectivity index (χ0) is 12.3. The highest BCUT2D eigenvalue weighted by molar-refractivity contribution is 5.73. The van der Waals surface area contributed by atoms with Crippen LogP contribution < -0.4 is 5.73 Å². The van der Waals surface area contributed by atoms with Crippen LogP contribution >= 0.6 is 0 Å². The number of hydrogen-bond donors (Lipinski definition) is 2. The number of rotatable bonds is 3. The molecule has 1 aromatic heterocycles. The smallest absolute Gasteiger partial charge is 0.311 e. The fourth-order valence-electron chi connectivity index (χ4n) is 1.09. The van der Waals surface area contributed by atoms with E-state index in [1.807, 2.05) is 0 Å². The molecule has 5 nitrogen and oxygen atoms in total. The Bertz CT molecular complexity index is 410. The molecule has 0 spiro atoms. The van der Waals surface area contributed by atoms with Gasteiger partial charge in [-0.3, -0.25) is 4.79 Å². The van der Waals surface area contributed by atoms with Crippen LogP contribution in [0, 0.1) is 0 Å². The number of methoxy groups -OCH3 is 1. The van der Waals surface area contributed by atoms with Crippen LogP contribution in [-0.4, -0.2) is 23.2 Å². The van der Waals surface area contributed by atoms with Gasteiger partial charge < -0.3 is 15.6 Å². The van der Waals surface area contributed by atoms with Crippen molar-refractivity contribution in [1.29, 1.82) is 0 Å². The van der Waals surface area contributed by atoms with Gasteiger partial charge in [0, 0.05) is 0 Å². The van der Waals surface area contributed by atoms with Crippen LogP contribution in [0.25, 0.3) is 0 Å². The normalized spacial score (nSPS) is 10.5. The van der Waals surface area contributed by atoms with Gasteiger partial charge in [-0.05, 0) is 6.07 Å². The van der Waals surface area contributed by atoms with Crippen molar-refractivity contribution in [3.8, 4) is 5.75 Å². The molecule has 1 aromatic rings. The van der Waals surface area contributed by atoms with Crippen molar-refractivity contribution in [2.45, 2.75) is 12.8 Å². The second-order valence-corrected chi connectivity index (χ2v) is 2.98. The van der Waals surface area contributed by atoms with Crippen molar-refractivity contribution in [1.82, 2.24) is 4.98 Å². The number of halogens is 2. The standard InChI is InChI=1S/C9H10F2N2O3/c1-16-7(15)3-5-6(14)2-4(8(10)11)9(12)13-5/h2,8,14H,3H2,1H3,(H2,12,13). The highest BCUT2D eigenvalue weighted by Crippen LogP contribution is 2.29. The van der Waals surface area contributed by atoms with E-state index in [1.165, 1.54) is 0 Å². The summed E-state index contributed by atoms with van der Waals surface area (Å²) >= 11 is 0. The Hall–Kier alpha value is -1.92. The van der Waals surface area contributed by atoms with Gasteiger partial charge in [-0.2, -0.15) is 0 Å². The maximum Gasteiger partial charge on any atom is 0.311 e. The first-order valence-electron chi connectivity index (χ1n) is 4.29. The van der Waals surface area contributed by atoms with Crippen molar-refractivity contribution in [2.24, 2.45) is 0 Å². The monoisotopic (exact) mass is 232 g/mol. The summed E-state index contributed by atoms with van der Waals surface area (Å²) in [7, 11) is 1.16. The summed E-state index contributed by atoms with van der Waals surface area (Å²) in [6.45, 7) is 0. The summed E-state index contributed by atoms with van der Waals surface area (Å²) in [5.74, 6) is -1.56. The van der Waals surface area contributed by atoms with E-state index in [-0.39, 0.29) is 12.1 Å². The summed E-state index contributed by atoms with van der Waals surface area (Å²) in [6, 6.07) is 0.797. The lowest BCUT2D eigenvalue weighted by Crippen LogP contribution is -2.09.